The molecule has 0 atom stereocenters. The van der Waals surface area contributed by atoms with Crippen molar-refractivity contribution in [3.63, 3.8) is 0 Å². The van der Waals surface area contributed by atoms with Crippen LogP contribution in [0.4, 0.5) is 9.18 Å². The van der Waals surface area contributed by atoms with Gasteiger partial charge in [0.25, 0.3) is 0 Å². The number of carbonyl (C=O) groups is 1. The first-order chi connectivity index (χ1) is 13.0. The third-order valence-electron chi connectivity index (χ3n) is 4.98. The smallest absolute Gasteiger partial charge is 0.407 e. The fourth-order valence-electron chi connectivity index (χ4n) is 3.46. The van der Waals surface area contributed by atoms with E-state index in [1.807, 2.05) is 29.0 Å². The van der Waals surface area contributed by atoms with Crippen molar-refractivity contribution >= 4 is 34.2 Å². The van der Waals surface area contributed by atoms with E-state index in [9.17, 15) is 9.18 Å². The van der Waals surface area contributed by atoms with Gasteiger partial charge in [-0.05, 0) is 47.2 Å². The monoisotopic (exact) mass is 384 g/mol. The molecule has 1 aliphatic rings. The Kier molecular flexibility index (Phi) is 4.62. The third kappa shape index (κ3) is 3.55. The Morgan fingerprint density at radius 1 is 1.19 bits per heavy atom. The standard InChI is InChI=1S/C21H18ClFN2O2/c22-18-4-3-17(19(23)12-18)13-25-10-7-15-1-2-16(11-20(15)25)14-5-8-24(9-6-14)21(26)27/h1-5,7,10-12H,6,8-9,13H2,(H,26,27). The summed E-state index contributed by atoms with van der Waals surface area (Å²) in [6.45, 7) is 1.32. The van der Waals surface area contributed by atoms with Crippen LogP contribution in [-0.4, -0.2) is 33.8 Å². The van der Waals surface area contributed by atoms with Crippen molar-refractivity contribution in [3.8, 4) is 0 Å². The number of carboxylic acid groups (broad SMARTS) is 1. The van der Waals surface area contributed by atoms with Gasteiger partial charge in [-0.15, -0.1) is 0 Å². The largest absolute Gasteiger partial charge is 0.465 e. The van der Waals surface area contributed by atoms with Gasteiger partial charge in [0.1, 0.15) is 5.82 Å². The maximum absolute atomic E-state index is 14.2. The molecular weight excluding hydrogens is 367 g/mol. The van der Waals surface area contributed by atoms with Crippen LogP contribution in [0.3, 0.4) is 0 Å². The molecule has 1 aromatic heterocycles. The topological polar surface area (TPSA) is 45.5 Å². The van der Waals surface area contributed by atoms with Crippen LogP contribution < -0.4 is 0 Å². The molecule has 0 fully saturated rings. The molecule has 3 aromatic rings. The Morgan fingerprint density at radius 2 is 2.04 bits per heavy atom. The summed E-state index contributed by atoms with van der Waals surface area (Å²) in [4.78, 5) is 12.5. The van der Waals surface area contributed by atoms with Crippen LogP contribution in [0.5, 0.6) is 0 Å². The molecular formula is C21H18ClFN2O2. The van der Waals surface area contributed by atoms with E-state index < -0.39 is 6.09 Å². The number of nitrogens with zero attached hydrogens (tertiary/aromatic N) is 2. The molecule has 0 spiro atoms. The first-order valence-electron chi connectivity index (χ1n) is 8.71. The predicted molar refractivity (Wildman–Crippen MR) is 105 cm³/mol. The van der Waals surface area contributed by atoms with Crippen molar-refractivity contribution in [2.75, 3.05) is 13.1 Å². The van der Waals surface area contributed by atoms with E-state index in [-0.39, 0.29) is 5.82 Å². The zero-order chi connectivity index (χ0) is 19.0. The van der Waals surface area contributed by atoms with Crippen LogP contribution in [0.1, 0.15) is 17.5 Å². The molecule has 4 nitrogen and oxygen atoms in total. The van der Waals surface area contributed by atoms with Crippen LogP contribution in [0.15, 0.2) is 54.7 Å². The molecule has 2 heterocycles. The Morgan fingerprint density at radius 3 is 2.74 bits per heavy atom. The Bertz CT molecular complexity index is 1060. The van der Waals surface area contributed by atoms with Gasteiger partial charge >= 0.3 is 6.09 Å². The Hall–Kier alpha value is -2.79. The van der Waals surface area contributed by atoms with Crippen molar-refractivity contribution in [1.29, 1.82) is 0 Å². The zero-order valence-electron chi connectivity index (χ0n) is 14.5. The molecule has 1 amide bonds. The second-order valence-electron chi connectivity index (χ2n) is 6.66. The van der Waals surface area contributed by atoms with Gasteiger partial charge in [0.2, 0.25) is 0 Å². The number of hydrogen-bond donors (Lipinski definition) is 1. The number of aromatic nitrogens is 1. The number of hydrogen-bond acceptors (Lipinski definition) is 1. The lowest BCUT2D eigenvalue weighted by Crippen LogP contribution is -2.33. The van der Waals surface area contributed by atoms with E-state index in [4.69, 9.17) is 16.7 Å². The van der Waals surface area contributed by atoms with E-state index in [1.165, 1.54) is 11.0 Å². The van der Waals surface area contributed by atoms with Gasteiger partial charge in [0.05, 0.1) is 6.54 Å². The van der Waals surface area contributed by atoms with Crippen molar-refractivity contribution < 1.29 is 14.3 Å². The number of halogens is 2. The molecule has 27 heavy (non-hydrogen) atoms. The summed E-state index contributed by atoms with van der Waals surface area (Å²) in [5.74, 6) is -0.316. The molecule has 0 bridgehead atoms. The zero-order valence-corrected chi connectivity index (χ0v) is 15.3. The molecule has 0 saturated heterocycles. The number of rotatable bonds is 3. The molecule has 1 aliphatic heterocycles. The van der Waals surface area contributed by atoms with Crippen molar-refractivity contribution in [2.24, 2.45) is 0 Å². The van der Waals surface area contributed by atoms with Crippen molar-refractivity contribution in [3.05, 3.63) is 76.7 Å². The summed E-state index contributed by atoms with van der Waals surface area (Å²) in [6, 6.07) is 12.9. The maximum Gasteiger partial charge on any atom is 0.407 e. The fraction of sp³-hybridized carbons (Fsp3) is 0.190. The molecule has 1 N–H and O–H groups in total. The van der Waals surface area contributed by atoms with Crippen LogP contribution >= 0.6 is 11.6 Å². The molecule has 0 unspecified atom stereocenters. The molecule has 2 aromatic carbocycles. The third-order valence-corrected chi connectivity index (χ3v) is 5.22. The Balaban J connectivity index is 1.64. The van der Waals surface area contributed by atoms with Crippen LogP contribution in [0, 0.1) is 5.82 Å². The van der Waals surface area contributed by atoms with Crippen LogP contribution in [-0.2, 0) is 6.54 Å². The fourth-order valence-corrected chi connectivity index (χ4v) is 3.62. The number of fused-ring (bicyclic) bond motifs is 1. The predicted octanol–water partition coefficient (Wildman–Crippen LogP) is 5.25. The summed E-state index contributed by atoms with van der Waals surface area (Å²) in [7, 11) is 0. The molecule has 6 heteroatoms. The van der Waals surface area contributed by atoms with E-state index in [2.05, 4.69) is 12.1 Å². The Labute approximate surface area is 161 Å². The maximum atomic E-state index is 14.2. The normalized spacial score (nSPS) is 14.4. The lowest BCUT2D eigenvalue weighted by Gasteiger charge is -2.24. The molecule has 4 rings (SSSR count). The lowest BCUT2D eigenvalue weighted by molar-refractivity contribution is 0.150. The molecule has 0 aliphatic carbocycles. The van der Waals surface area contributed by atoms with Gasteiger partial charge in [0, 0.05) is 35.4 Å². The summed E-state index contributed by atoms with van der Waals surface area (Å²) in [5.41, 5.74) is 3.81. The first-order valence-corrected chi connectivity index (χ1v) is 9.09. The van der Waals surface area contributed by atoms with Gasteiger partial charge in [-0.25, -0.2) is 9.18 Å². The highest BCUT2D eigenvalue weighted by molar-refractivity contribution is 6.30. The van der Waals surface area contributed by atoms with E-state index in [0.29, 0.717) is 36.6 Å². The lowest BCUT2D eigenvalue weighted by atomic mass is 9.98. The van der Waals surface area contributed by atoms with Crippen molar-refractivity contribution in [2.45, 2.75) is 13.0 Å². The van der Waals surface area contributed by atoms with Gasteiger partial charge in [-0.1, -0.05) is 35.9 Å². The summed E-state index contributed by atoms with van der Waals surface area (Å²) in [5, 5.41) is 10.5. The van der Waals surface area contributed by atoms with Gasteiger partial charge in [0.15, 0.2) is 0 Å². The van der Waals surface area contributed by atoms with E-state index in [0.717, 1.165) is 22.0 Å². The highest BCUT2D eigenvalue weighted by atomic mass is 35.5. The second kappa shape index (κ2) is 7.08. The van der Waals surface area contributed by atoms with Crippen LogP contribution in [0.2, 0.25) is 5.02 Å². The second-order valence-corrected chi connectivity index (χ2v) is 7.10. The van der Waals surface area contributed by atoms with Gasteiger partial charge in [-0.2, -0.15) is 0 Å². The minimum atomic E-state index is -0.889. The highest BCUT2D eigenvalue weighted by Crippen LogP contribution is 2.27. The average molecular weight is 385 g/mol. The number of benzene rings is 2. The van der Waals surface area contributed by atoms with Crippen LogP contribution in [0.25, 0.3) is 16.5 Å². The summed E-state index contributed by atoms with van der Waals surface area (Å²) < 4.78 is 16.2. The van der Waals surface area contributed by atoms with Gasteiger partial charge < -0.3 is 14.6 Å². The number of amides is 1. The first kappa shape index (κ1) is 17.6. The SMILES string of the molecule is O=C(O)N1CC=C(c2ccc3ccn(Cc4ccc(Cl)cc4F)c3c2)CC1. The highest BCUT2D eigenvalue weighted by Gasteiger charge is 2.17. The minimum Gasteiger partial charge on any atom is -0.465 e. The molecule has 138 valence electrons. The average Bonchev–Trinajstić information content (AvgIpc) is 3.06. The summed E-state index contributed by atoms with van der Waals surface area (Å²) in [6.07, 6.45) is 3.71. The summed E-state index contributed by atoms with van der Waals surface area (Å²) >= 11 is 5.84. The minimum absolute atomic E-state index is 0.316. The van der Waals surface area contributed by atoms with Crippen molar-refractivity contribution in [1.82, 2.24) is 9.47 Å². The molecule has 0 radical (unpaired) electrons. The van der Waals surface area contributed by atoms with Gasteiger partial charge in [-0.3, -0.25) is 0 Å². The molecule has 0 saturated carbocycles. The quantitative estimate of drug-likeness (QED) is 0.670. The van der Waals surface area contributed by atoms with E-state index in [1.54, 1.807) is 12.1 Å². The van der Waals surface area contributed by atoms with E-state index >= 15 is 0 Å².